The number of hydrogen-bond donors (Lipinski definition) is 1. The van der Waals surface area contributed by atoms with Crippen LogP contribution >= 0.6 is 0 Å². The number of aliphatic carboxylic acids is 1. The molecule has 2 aromatic rings. The van der Waals surface area contributed by atoms with Crippen LogP contribution in [-0.4, -0.2) is 17.6 Å². The summed E-state index contributed by atoms with van der Waals surface area (Å²) in [6.07, 6.45) is 2.45. The molecule has 0 saturated heterocycles. The predicted octanol–water partition coefficient (Wildman–Crippen LogP) is 4.25. The Morgan fingerprint density at radius 3 is 1.90 bits per heavy atom. The van der Waals surface area contributed by atoms with E-state index in [9.17, 15) is 4.79 Å². The monoisotopic (exact) mass is 281 g/mol. The summed E-state index contributed by atoms with van der Waals surface area (Å²) >= 11 is 0. The summed E-state index contributed by atoms with van der Waals surface area (Å²) in [4.78, 5) is 13.0. The zero-order valence-electron chi connectivity index (χ0n) is 12.1. The first kappa shape index (κ1) is 14.9. The number of rotatable bonds is 6. The average molecular weight is 281 g/mol. The fourth-order valence-corrected chi connectivity index (χ4v) is 2.12. The second kappa shape index (κ2) is 7.29. The van der Waals surface area contributed by atoms with E-state index in [-0.39, 0.29) is 0 Å². The highest BCUT2D eigenvalue weighted by Crippen LogP contribution is 2.25. The number of hydrogen-bond acceptors (Lipinski definition) is 2. The van der Waals surface area contributed by atoms with E-state index in [1.54, 1.807) is 13.0 Å². The molecule has 3 heteroatoms. The molecule has 0 aliphatic carbocycles. The third kappa shape index (κ3) is 4.21. The Morgan fingerprint density at radius 1 is 1.00 bits per heavy atom. The molecule has 0 unspecified atom stereocenters. The standard InChI is InChI=1S/C18H19NO2/c1-15(18(20)21)9-8-14-19(16-10-4-2-5-11-16)17-12-6-3-7-13-17/h2-7,9-13H,8,14H2,1H3,(H,20,21). The SMILES string of the molecule is CC(=CCCN(c1ccccc1)c1ccccc1)C(=O)O. The summed E-state index contributed by atoms with van der Waals surface area (Å²) in [5, 5.41) is 8.90. The molecule has 0 spiro atoms. The lowest BCUT2D eigenvalue weighted by Crippen LogP contribution is -2.18. The number of nitrogens with zero attached hydrogens (tertiary/aromatic N) is 1. The molecular weight excluding hydrogens is 262 g/mol. The largest absolute Gasteiger partial charge is 0.478 e. The summed E-state index contributed by atoms with van der Waals surface area (Å²) in [5.41, 5.74) is 2.59. The molecule has 0 atom stereocenters. The Labute approximate surface area is 125 Å². The van der Waals surface area contributed by atoms with E-state index in [1.165, 1.54) is 0 Å². The number of carboxylic acids is 1. The van der Waals surface area contributed by atoms with Crippen LogP contribution in [0, 0.1) is 0 Å². The predicted molar refractivity (Wildman–Crippen MR) is 85.9 cm³/mol. The van der Waals surface area contributed by atoms with Gasteiger partial charge in [0.2, 0.25) is 0 Å². The summed E-state index contributed by atoms with van der Waals surface area (Å²) < 4.78 is 0. The van der Waals surface area contributed by atoms with E-state index in [0.717, 1.165) is 17.9 Å². The Bertz CT molecular complexity index is 566. The van der Waals surface area contributed by atoms with Gasteiger partial charge >= 0.3 is 5.97 Å². The van der Waals surface area contributed by atoms with E-state index in [2.05, 4.69) is 29.2 Å². The minimum absolute atomic E-state index is 0.385. The van der Waals surface area contributed by atoms with Crippen LogP contribution in [0.2, 0.25) is 0 Å². The number of anilines is 2. The summed E-state index contributed by atoms with van der Waals surface area (Å²) in [6.45, 7) is 2.36. The molecule has 0 saturated carbocycles. The average Bonchev–Trinajstić information content (AvgIpc) is 2.53. The van der Waals surface area contributed by atoms with Crippen LogP contribution in [0.15, 0.2) is 72.3 Å². The Hall–Kier alpha value is -2.55. The lowest BCUT2D eigenvalue weighted by Gasteiger charge is -2.24. The van der Waals surface area contributed by atoms with Gasteiger partial charge in [0.25, 0.3) is 0 Å². The van der Waals surface area contributed by atoms with Crippen LogP contribution in [0.4, 0.5) is 11.4 Å². The quantitative estimate of drug-likeness (QED) is 0.805. The van der Waals surface area contributed by atoms with Crippen LogP contribution in [0.5, 0.6) is 0 Å². The maximum Gasteiger partial charge on any atom is 0.330 e. The lowest BCUT2D eigenvalue weighted by molar-refractivity contribution is -0.132. The molecule has 21 heavy (non-hydrogen) atoms. The lowest BCUT2D eigenvalue weighted by atomic mass is 10.2. The fourth-order valence-electron chi connectivity index (χ4n) is 2.12. The Balaban J connectivity index is 2.18. The van der Waals surface area contributed by atoms with Crippen LogP contribution in [0.3, 0.4) is 0 Å². The van der Waals surface area contributed by atoms with Gasteiger partial charge in [-0.1, -0.05) is 42.5 Å². The van der Waals surface area contributed by atoms with Gasteiger partial charge in [-0.3, -0.25) is 0 Å². The van der Waals surface area contributed by atoms with Gasteiger partial charge in [0.15, 0.2) is 0 Å². The molecule has 0 bridgehead atoms. The number of benzene rings is 2. The first-order valence-electron chi connectivity index (χ1n) is 6.96. The van der Waals surface area contributed by atoms with Crippen molar-refractivity contribution in [2.45, 2.75) is 13.3 Å². The zero-order valence-corrected chi connectivity index (χ0v) is 12.1. The maximum absolute atomic E-state index is 10.8. The van der Waals surface area contributed by atoms with Crippen molar-refractivity contribution in [1.29, 1.82) is 0 Å². The first-order chi connectivity index (χ1) is 10.2. The van der Waals surface area contributed by atoms with Crippen molar-refractivity contribution in [3.05, 3.63) is 72.3 Å². The molecule has 1 N–H and O–H groups in total. The van der Waals surface area contributed by atoms with Crippen LogP contribution < -0.4 is 4.90 Å². The minimum atomic E-state index is -0.860. The maximum atomic E-state index is 10.8. The molecule has 0 fully saturated rings. The van der Waals surface area contributed by atoms with Gasteiger partial charge in [0.1, 0.15) is 0 Å². The van der Waals surface area contributed by atoms with Crippen molar-refractivity contribution < 1.29 is 9.90 Å². The third-order valence-corrected chi connectivity index (χ3v) is 3.28. The molecule has 0 heterocycles. The highest BCUT2D eigenvalue weighted by Gasteiger charge is 2.08. The van der Waals surface area contributed by atoms with Crippen molar-refractivity contribution in [3.63, 3.8) is 0 Å². The Morgan fingerprint density at radius 2 is 1.48 bits per heavy atom. The van der Waals surface area contributed by atoms with E-state index >= 15 is 0 Å². The third-order valence-electron chi connectivity index (χ3n) is 3.28. The molecular formula is C18H19NO2. The van der Waals surface area contributed by atoms with Gasteiger partial charge in [-0.05, 0) is 37.6 Å². The van der Waals surface area contributed by atoms with E-state index < -0.39 is 5.97 Å². The molecule has 0 radical (unpaired) electrons. The normalized spacial score (nSPS) is 11.2. The molecule has 2 aromatic carbocycles. The smallest absolute Gasteiger partial charge is 0.330 e. The first-order valence-corrected chi connectivity index (χ1v) is 6.96. The van der Waals surface area contributed by atoms with Crippen molar-refractivity contribution >= 4 is 17.3 Å². The van der Waals surface area contributed by atoms with Gasteiger partial charge in [-0.15, -0.1) is 0 Å². The number of carboxylic acid groups (broad SMARTS) is 1. The molecule has 0 aromatic heterocycles. The molecule has 2 rings (SSSR count). The highest BCUT2D eigenvalue weighted by atomic mass is 16.4. The van der Waals surface area contributed by atoms with Crippen molar-refractivity contribution in [2.75, 3.05) is 11.4 Å². The van der Waals surface area contributed by atoms with E-state index in [4.69, 9.17) is 5.11 Å². The van der Waals surface area contributed by atoms with E-state index in [0.29, 0.717) is 12.0 Å². The highest BCUT2D eigenvalue weighted by molar-refractivity contribution is 5.85. The molecule has 0 aliphatic rings. The van der Waals surface area contributed by atoms with Crippen LogP contribution in [0.1, 0.15) is 13.3 Å². The van der Waals surface area contributed by atoms with Crippen molar-refractivity contribution in [1.82, 2.24) is 0 Å². The number of carbonyl (C=O) groups is 1. The van der Waals surface area contributed by atoms with Gasteiger partial charge in [-0.25, -0.2) is 4.79 Å². The van der Waals surface area contributed by atoms with Gasteiger partial charge < -0.3 is 10.0 Å². The minimum Gasteiger partial charge on any atom is -0.478 e. The molecule has 0 aliphatic heterocycles. The van der Waals surface area contributed by atoms with Crippen LogP contribution in [-0.2, 0) is 4.79 Å². The Kier molecular flexibility index (Phi) is 5.16. The van der Waals surface area contributed by atoms with Gasteiger partial charge in [-0.2, -0.15) is 0 Å². The van der Waals surface area contributed by atoms with Crippen LogP contribution in [0.25, 0.3) is 0 Å². The number of para-hydroxylation sites is 2. The van der Waals surface area contributed by atoms with E-state index in [1.807, 2.05) is 36.4 Å². The van der Waals surface area contributed by atoms with Crippen molar-refractivity contribution in [2.24, 2.45) is 0 Å². The summed E-state index contributed by atoms with van der Waals surface area (Å²) in [7, 11) is 0. The van der Waals surface area contributed by atoms with Crippen molar-refractivity contribution in [3.8, 4) is 0 Å². The fraction of sp³-hybridized carbons (Fsp3) is 0.167. The summed E-state index contributed by atoms with van der Waals surface area (Å²) in [6, 6.07) is 20.2. The van der Waals surface area contributed by atoms with Gasteiger partial charge in [0.05, 0.1) is 0 Å². The summed E-state index contributed by atoms with van der Waals surface area (Å²) in [5.74, 6) is -0.860. The molecule has 3 nitrogen and oxygen atoms in total. The zero-order chi connectivity index (χ0) is 15.1. The van der Waals surface area contributed by atoms with Gasteiger partial charge in [0, 0.05) is 23.5 Å². The molecule has 108 valence electrons. The second-order valence-electron chi connectivity index (χ2n) is 4.80. The topological polar surface area (TPSA) is 40.5 Å². The molecule has 0 amide bonds. The second-order valence-corrected chi connectivity index (χ2v) is 4.80.